The number of nitrogens with zero attached hydrogens (tertiary/aromatic N) is 3. The summed E-state index contributed by atoms with van der Waals surface area (Å²) in [5.74, 6) is 0.347. The summed E-state index contributed by atoms with van der Waals surface area (Å²) in [5, 5.41) is 22.4. The van der Waals surface area contributed by atoms with Crippen LogP contribution in [0.1, 0.15) is 36.0 Å². The molecule has 2 heterocycles. The predicted octanol–water partition coefficient (Wildman–Crippen LogP) is 3.86. The van der Waals surface area contributed by atoms with Crippen LogP contribution in [0.15, 0.2) is 18.2 Å². The molecule has 0 bridgehead atoms. The van der Waals surface area contributed by atoms with Gasteiger partial charge >= 0.3 is 6.18 Å². The molecular weight excluding hydrogens is 369 g/mol. The molecule has 1 saturated heterocycles. The predicted molar refractivity (Wildman–Crippen MR) is 100 cm³/mol. The molecule has 1 aliphatic heterocycles. The maximum absolute atomic E-state index is 12.9. The molecule has 150 valence electrons. The molecule has 1 aromatic heterocycles. The molecule has 0 saturated carbocycles. The number of aromatic nitrogens is 2. The smallest absolute Gasteiger partial charge is 0.416 e. The van der Waals surface area contributed by atoms with E-state index < -0.39 is 17.5 Å². The third kappa shape index (κ3) is 3.65. The highest BCUT2D eigenvalue weighted by atomic mass is 19.4. The SMILES string of the molecule is CN1CC[C@@H](Nc2nnc(-c3ccc(C(F)(F)F)cc3O)c3c2CCCC3)C1. The summed E-state index contributed by atoms with van der Waals surface area (Å²) in [6.07, 6.45) is 0.191. The molecule has 2 aliphatic rings. The normalized spacial score (nSPS) is 20.2. The molecule has 1 aromatic carbocycles. The van der Waals surface area contributed by atoms with Crippen LogP contribution in [0.25, 0.3) is 11.3 Å². The first kappa shape index (κ1) is 19.0. The number of benzene rings is 1. The Morgan fingerprint density at radius 1 is 1.14 bits per heavy atom. The molecule has 1 fully saturated rings. The van der Waals surface area contributed by atoms with E-state index in [1.807, 2.05) is 0 Å². The molecule has 2 N–H and O–H groups in total. The minimum Gasteiger partial charge on any atom is -0.507 e. The summed E-state index contributed by atoms with van der Waals surface area (Å²) >= 11 is 0. The maximum atomic E-state index is 12.9. The Bertz CT molecular complexity index is 884. The zero-order chi connectivity index (χ0) is 19.9. The van der Waals surface area contributed by atoms with Gasteiger partial charge in [0.1, 0.15) is 11.4 Å². The minimum absolute atomic E-state index is 0.297. The van der Waals surface area contributed by atoms with Crippen molar-refractivity contribution < 1.29 is 18.3 Å². The van der Waals surface area contributed by atoms with Gasteiger partial charge in [0.2, 0.25) is 0 Å². The van der Waals surface area contributed by atoms with Crippen molar-refractivity contribution in [3.63, 3.8) is 0 Å². The molecule has 0 radical (unpaired) electrons. The first-order chi connectivity index (χ1) is 13.3. The number of phenols is 1. The Kier molecular flexibility index (Phi) is 4.91. The quantitative estimate of drug-likeness (QED) is 0.831. The van der Waals surface area contributed by atoms with E-state index in [-0.39, 0.29) is 0 Å². The molecular formula is C20H23F3N4O. The first-order valence-electron chi connectivity index (χ1n) is 9.57. The van der Waals surface area contributed by atoms with Crippen LogP contribution < -0.4 is 5.32 Å². The highest BCUT2D eigenvalue weighted by Crippen LogP contribution is 2.39. The van der Waals surface area contributed by atoms with Gasteiger partial charge in [0, 0.05) is 23.7 Å². The second-order valence-electron chi connectivity index (χ2n) is 7.68. The lowest BCUT2D eigenvalue weighted by molar-refractivity contribution is -0.137. The van der Waals surface area contributed by atoms with Gasteiger partial charge in [-0.25, -0.2) is 0 Å². The van der Waals surface area contributed by atoms with Gasteiger partial charge in [-0.1, -0.05) is 0 Å². The van der Waals surface area contributed by atoms with E-state index in [2.05, 4.69) is 27.5 Å². The number of hydrogen-bond donors (Lipinski definition) is 2. The fraction of sp³-hybridized carbons (Fsp3) is 0.500. The molecule has 0 unspecified atom stereocenters. The fourth-order valence-corrected chi connectivity index (χ4v) is 4.14. The average molecular weight is 392 g/mol. The topological polar surface area (TPSA) is 61.3 Å². The summed E-state index contributed by atoms with van der Waals surface area (Å²) in [4.78, 5) is 2.26. The summed E-state index contributed by atoms with van der Waals surface area (Å²) < 4.78 is 38.7. The van der Waals surface area contributed by atoms with Crippen LogP contribution >= 0.6 is 0 Å². The Labute approximate surface area is 161 Å². The van der Waals surface area contributed by atoms with Crippen molar-refractivity contribution in [2.24, 2.45) is 0 Å². The second-order valence-corrected chi connectivity index (χ2v) is 7.68. The maximum Gasteiger partial charge on any atom is 0.416 e. The van der Waals surface area contributed by atoms with Crippen LogP contribution in [0.4, 0.5) is 19.0 Å². The van der Waals surface area contributed by atoms with Gasteiger partial charge in [0.05, 0.1) is 5.56 Å². The van der Waals surface area contributed by atoms with E-state index in [0.29, 0.717) is 17.3 Å². The number of likely N-dealkylation sites (tertiary alicyclic amines) is 1. The minimum atomic E-state index is -4.50. The fourth-order valence-electron chi connectivity index (χ4n) is 4.14. The van der Waals surface area contributed by atoms with Crippen LogP contribution in [0, 0.1) is 0 Å². The summed E-state index contributed by atoms with van der Waals surface area (Å²) in [6.45, 7) is 1.97. The third-order valence-corrected chi connectivity index (χ3v) is 5.60. The Morgan fingerprint density at radius 2 is 1.89 bits per heavy atom. The van der Waals surface area contributed by atoms with Gasteiger partial charge in [0.25, 0.3) is 0 Å². The summed E-state index contributed by atoms with van der Waals surface area (Å²) in [7, 11) is 2.08. The van der Waals surface area contributed by atoms with Gasteiger partial charge in [-0.15, -0.1) is 10.2 Å². The number of fused-ring (bicyclic) bond motifs is 1. The highest BCUT2D eigenvalue weighted by molar-refractivity contribution is 5.73. The largest absolute Gasteiger partial charge is 0.507 e. The van der Waals surface area contributed by atoms with Crippen molar-refractivity contribution in [3.8, 4) is 17.0 Å². The molecule has 1 atom stereocenters. The van der Waals surface area contributed by atoms with Gasteiger partial charge in [-0.2, -0.15) is 13.2 Å². The number of aromatic hydroxyl groups is 1. The number of phenolic OH excluding ortho intramolecular Hbond substituents is 1. The molecule has 5 nitrogen and oxygen atoms in total. The molecule has 0 spiro atoms. The van der Waals surface area contributed by atoms with E-state index in [0.717, 1.165) is 74.3 Å². The van der Waals surface area contributed by atoms with Gasteiger partial charge in [-0.05, 0) is 69.5 Å². The summed E-state index contributed by atoms with van der Waals surface area (Å²) in [6, 6.07) is 3.34. The number of halogens is 3. The van der Waals surface area contributed by atoms with E-state index in [9.17, 15) is 18.3 Å². The number of rotatable bonds is 3. The lowest BCUT2D eigenvalue weighted by Gasteiger charge is -2.23. The van der Waals surface area contributed by atoms with Crippen molar-refractivity contribution in [3.05, 3.63) is 34.9 Å². The van der Waals surface area contributed by atoms with E-state index in [1.54, 1.807) is 0 Å². The van der Waals surface area contributed by atoms with E-state index in [1.165, 1.54) is 6.07 Å². The zero-order valence-corrected chi connectivity index (χ0v) is 15.7. The molecule has 1 aliphatic carbocycles. The van der Waals surface area contributed by atoms with Crippen LogP contribution in [-0.4, -0.2) is 46.4 Å². The van der Waals surface area contributed by atoms with E-state index in [4.69, 9.17) is 0 Å². The molecule has 2 aromatic rings. The monoisotopic (exact) mass is 392 g/mol. The van der Waals surface area contributed by atoms with Crippen molar-refractivity contribution in [1.82, 2.24) is 15.1 Å². The lowest BCUT2D eigenvalue weighted by Crippen LogP contribution is -2.25. The lowest BCUT2D eigenvalue weighted by atomic mass is 9.88. The Hall–Kier alpha value is -2.35. The van der Waals surface area contributed by atoms with Gasteiger partial charge in [-0.3, -0.25) is 0 Å². The van der Waals surface area contributed by atoms with Gasteiger partial charge < -0.3 is 15.3 Å². The number of alkyl halides is 3. The number of likely N-dealkylation sites (N-methyl/N-ethyl adjacent to an activating group) is 1. The molecule has 4 rings (SSSR count). The van der Waals surface area contributed by atoms with Crippen molar-refractivity contribution >= 4 is 5.82 Å². The highest BCUT2D eigenvalue weighted by Gasteiger charge is 2.32. The molecule has 8 heteroatoms. The number of nitrogens with one attached hydrogen (secondary N) is 1. The number of anilines is 1. The molecule has 0 amide bonds. The van der Waals surface area contributed by atoms with Crippen LogP contribution in [0.3, 0.4) is 0 Å². The number of hydrogen-bond acceptors (Lipinski definition) is 5. The van der Waals surface area contributed by atoms with Crippen LogP contribution in [0.2, 0.25) is 0 Å². The van der Waals surface area contributed by atoms with E-state index >= 15 is 0 Å². The average Bonchev–Trinajstić information content (AvgIpc) is 3.06. The zero-order valence-electron chi connectivity index (χ0n) is 15.7. The van der Waals surface area contributed by atoms with Crippen molar-refractivity contribution in [2.45, 2.75) is 44.3 Å². The van der Waals surface area contributed by atoms with Crippen molar-refractivity contribution in [2.75, 3.05) is 25.5 Å². The Balaban J connectivity index is 1.71. The third-order valence-electron chi connectivity index (χ3n) is 5.60. The van der Waals surface area contributed by atoms with Crippen molar-refractivity contribution in [1.29, 1.82) is 0 Å². The first-order valence-corrected chi connectivity index (χ1v) is 9.57. The van der Waals surface area contributed by atoms with Crippen LogP contribution in [0.5, 0.6) is 5.75 Å². The Morgan fingerprint density at radius 3 is 2.54 bits per heavy atom. The standard InChI is InChI=1S/C20H23F3N4O/c1-27-9-8-13(11-27)24-19-15-5-3-2-4-14(15)18(25-26-19)16-7-6-12(10-17(16)28)20(21,22)23/h6-7,10,13,28H,2-5,8-9,11H2,1H3,(H,24,26)/t13-/m1/s1. The van der Waals surface area contributed by atoms with Gasteiger partial charge in [0.15, 0.2) is 5.82 Å². The van der Waals surface area contributed by atoms with Crippen LogP contribution in [-0.2, 0) is 19.0 Å². The molecule has 28 heavy (non-hydrogen) atoms. The summed E-state index contributed by atoms with van der Waals surface area (Å²) in [5.41, 5.74) is 1.95. The second kappa shape index (κ2) is 7.24.